The van der Waals surface area contributed by atoms with Gasteiger partial charge in [-0.25, -0.2) is 18.2 Å². The van der Waals surface area contributed by atoms with Gasteiger partial charge in [-0.05, 0) is 82.4 Å². The smallest absolute Gasteiger partial charge is 0.405 e. The predicted molar refractivity (Wildman–Crippen MR) is 194 cm³/mol. The molecule has 4 N–H and O–H groups in total. The Morgan fingerprint density at radius 1 is 1.15 bits per heavy atom. The maximum absolute atomic E-state index is 14.4. The first kappa shape index (κ1) is 38.1. The SMILES string of the molecule is CCOc1ccc2c(O[C@@H]3C[C@H]4C(=O)N[C@]5(C(=O)NS(=O)(=O)C6(C)CC6)C[C@H]5C=CCC[C@H](C)C[C@@H](C)[C@H](NC(=O)O)C(=O)N4C3)ncc(OC)c2c1. The van der Waals surface area contributed by atoms with Gasteiger partial charge in [0, 0.05) is 23.1 Å². The van der Waals surface area contributed by atoms with Crippen molar-refractivity contribution in [2.24, 2.45) is 17.8 Å². The summed E-state index contributed by atoms with van der Waals surface area (Å²) < 4.78 is 45.1. The first-order valence-corrected chi connectivity index (χ1v) is 19.7. The molecule has 1 aromatic heterocycles. The van der Waals surface area contributed by atoms with Gasteiger partial charge < -0.3 is 34.9 Å². The highest BCUT2D eigenvalue weighted by molar-refractivity contribution is 7.91. The lowest BCUT2D eigenvalue weighted by molar-refractivity contribution is -0.142. The lowest BCUT2D eigenvalue weighted by Gasteiger charge is -2.32. The molecule has 6 rings (SSSR count). The first-order valence-electron chi connectivity index (χ1n) is 18.2. The van der Waals surface area contributed by atoms with Gasteiger partial charge in [0.05, 0.1) is 31.2 Å². The number of nitrogens with one attached hydrogen (secondary N) is 3. The number of hydrogen-bond donors (Lipinski definition) is 4. The van der Waals surface area contributed by atoms with Crippen molar-refractivity contribution in [3.8, 4) is 17.4 Å². The molecule has 4 aliphatic rings. The number of ether oxygens (including phenoxy) is 3. The molecule has 0 bridgehead atoms. The largest absolute Gasteiger partial charge is 0.494 e. The molecular formula is C37H49N5O10S. The van der Waals surface area contributed by atoms with Crippen molar-refractivity contribution in [2.75, 3.05) is 20.3 Å². The van der Waals surface area contributed by atoms with Crippen LogP contribution in [0.4, 0.5) is 4.79 Å². The number of sulfonamides is 1. The molecular weight excluding hydrogens is 706 g/mol. The summed E-state index contributed by atoms with van der Waals surface area (Å²) in [6, 6.07) is 3.01. The van der Waals surface area contributed by atoms with Crippen LogP contribution in [0, 0.1) is 17.8 Å². The first-order chi connectivity index (χ1) is 25.1. The highest BCUT2D eigenvalue weighted by atomic mass is 32.2. The Balaban J connectivity index is 1.34. The second-order valence-electron chi connectivity index (χ2n) is 15.2. The number of benzene rings is 1. The number of nitrogens with zero attached hydrogens (tertiary/aromatic N) is 2. The third kappa shape index (κ3) is 7.73. The van der Waals surface area contributed by atoms with E-state index in [-0.39, 0.29) is 31.2 Å². The lowest BCUT2D eigenvalue weighted by atomic mass is 9.88. The minimum Gasteiger partial charge on any atom is -0.494 e. The van der Waals surface area contributed by atoms with Crippen molar-refractivity contribution in [1.82, 2.24) is 25.2 Å². The molecule has 53 heavy (non-hydrogen) atoms. The van der Waals surface area contributed by atoms with Gasteiger partial charge in [0.15, 0.2) is 0 Å². The number of amides is 4. The van der Waals surface area contributed by atoms with E-state index in [2.05, 4.69) is 20.3 Å². The van der Waals surface area contributed by atoms with E-state index in [0.717, 1.165) is 6.42 Å². The second kappa shape index (κ2) is 14.7. The van der Waals surface area contributed by atoms with Crippen molar-refractivity contribution in [3.63, 3.8) is 0 Å². The third-order valence-corrected chi connectivity index (χ3v) is 13.3. The van der Waals surface area contributed by atoms with Crippen molar-refractivity contribution < 1.29 is 46.9 Å². The fourth-order valence-electron chi connectivity index (χ4n) is 7.57. The fourth-order valence-corrected chi connectivity index (χ4v) is 8.88. The predicted octanol–water partition coefficient (Wildman–Crippen LogP) is 3.51. The fraction of sp³-hybridized carbons (Fsp3) is 0.595. The standard InChI is InChI=1S/C37H49N5O10S/c1-6-51-24-11-12-26-27(16-24)29(50-5)19-38-32(26)52-25-17-28-31(43)40-37(34(45)41-53(48,49)36(4)13-14-36)18-23(37)10-8-7-9-21(2)15-22(3)30(39-35(46)47)33(44)42(28)20-25/h8,10-12,16,19,21-23,25,28,30,39H,6-7,9,13-15,17-18,20H2,1-5H3,(H,40,43)(H,41,45)(H,46,47)/t21-,22+,23+,25+,28-,30-,37+/m0/s1. The Bertz CT molecular complexity index is 1920. The van der Waals surface area contributed by atoms with Crippen LogP contribution >= 0.6 is 0 Å². The molecule has 7 atom stereocenters. The van der Waals surface area contributed by atoms with Crippen LogP contribution in [0.3, 0.4) is 0 Å². The van der Waals surface area contributed by atoms with Crippen LogP contribution in [0.5, 0.6) is 17.4 Å². The lowest BCUT2D eigenvalue weighted by Crippen LogP contribution is -2.59. The molecule has 2 aliphatic carbocycles. The molecule has 3 fully saturated rings. The topological polar surface area (TPSA) is 203 Å². The van der Waals surface area contributed by atoms with E-state index in [4.69, 9.17) is 14.2 Å². The van der Waals surface area contributed by atoms with Crippen molar-refractivity contribution in [2.45, 2.75) is 101 Å². The summed E-state index contributed by atoms with van der Waals surface area (Å²) in [6.07, 6.45) is 6.06. The number of pyridine rings is 1. The van der Waals surface area contributed by atoms with Crippen LogP contribution < -0.4 is 29.6 Å². The molecule has 288 valence electrons. The molecule has 2 aromatic rings. The Kier molecular flexibility index (Phi) is 10.6. The van der Waals surface area contributed by atoms with E-state index in [1.165, 1.54) is 18.2 Å². The number of carbonyl (C=O) groups is 4. The quantitative estimate of drug-likeness (QED) is 0.273. The van der Waals surface area contributed by atoms with Gasteiger partial charge in [0.2, 0.25) is 27.7 Å². The minimum atomic E-state index is -4.01. The summed E-state index contributed by atoms with van der Waals surface area (Å²) in [5.41, 5.74) is -1.55. The van der Waals surface area contributed by atoms with Gasteiger partial charge in [-0.2, -0.15) is 0 Å². The maximum atomic E-state index is 14.4. The molecule has 0 radical (unpaired) electrons. The normalized spacial score (nSPS) is 29.8. The summed E-state index contributed by atoms with van der Waals surface area (Å²) in [5, 5.41) is 16.3. The van der Waals surface area contributed by atoms with Crippen LogP contribution in [-0.2, 0) is 24.4 Å². The summed E-state index contributed by atoms with van der Waals surface area (Å²) in [4.78, 5) is 60.4. The monoisotopic (exact) mass is 755 g/mol. The molecule has 1 aromatic carbocycles. The van der Waals surface area contributed by atoms with E-state index in [9.17, 15) is 32.7 Å². The van der Waals surface area contributed by atoms with Crippen molar-refractivity contribution in [1.29, 1.82) is 0 Å². The van der Waals surface area contributed by atoms with Crippen LogP contribution in [0.2, 0.25) is 0 Å². The maximum Gasteiger partial charge on any atom is 0.405 e. The second-order valence-corrected chi connectivity index (χ2v) is 17.4. The molecule has 3 heterocycles. The van der Waals surface area contributed by atoms with E-state index < -0.39 is 74.1 Å². The molecule has 2 saturated carbocycles. The van der Waals surface area contributed by atoms with Crippen LogP contribution in [-0.4, -0.2) is 96.0 Å². The zero-order chi connectivity index (χ0) is 38.3. The minimum absolute atomic E-state index is 0.0110. The third-order valence-electron chi connectivity index (χ3n) is 11.1. The molecule has 0 unspecified atom stereocenters. The van der Waals surface area contributed by atoms with Crippen LogP contribution in [0.25, 0.3) is 10.8 Å². The number of hydrogen-bond acceptors (Lipinski definition) is 10. The highest BCUT2D eigenvalue weighted by Crippen LogP contribution is 2.47. The highest BCUT2D eigenvalue weighted by Gasteiger charge is 2.63. The average molecular weight is 756 g/mol. The summed E-state index contributed by atoms with van der Waals surface area (Å²) in [6.45, 7) is 7.66. The van der Waals surface area contributed by atoms with Gasteiger partial charge >= 0.3 is 6.09 Å². The van der Waals surface area contributed by atoms with Crippen LogP contribution in [0.1, 0.15) is 72.6 Å². The molecule has 0 spiro atoms. The number of fused-ring (bicyclic) bond motifs is 3. The number of rotatable bonds is 9. The van der Waals surface area contributed by atoms with Gasteiger partial charge in [0.25, 0.3) is 5.91 Å². The number of aromatic nitrogens is 1. The van der Waals surface area contributed by atoms with Crippen LogP contribution in [0.15, 0.2) is 36.5 Å². The van der Waals surface area contributed by atoms with Gasteiger partial charge in [-0.1, -0.05) is 26.0 Å². The van der Waals surface area contributed by atoms with E-state index in [1.807, 2.05) is 26.0 Å². The molecule has 15 nitrogen and oxygen atoms in total. The zero-order valence-corrected chi connectivity index (χ0v) is 31.5. The summed E-state index contributed by atoms with van der Waals surface area (Å²) in [5.74, 6) is -1.54. The average Bonchev–Trinajstić information content (AvgIpc) is 3.98. The van der Waals surface area contributed by atoms with Crippen molar-refractivity contribution in [3.05, 3.63) is 36.5 Å². The van der Waals surface area contributed by atoms with Gasteiger partial charge in [-0.15, -0.1) is 0 Å². The molecule has 4 amide bonds. The van der Waals surface area contributed by atoms with Gasteiger partial charge in [0.1, 0.15) is 35.2 Å². The zero-order valence-electron chi connectivity index (χ0n) is 30.7. The Hall–Kier alpha value is -4.60. The number of carboxylic acid groups (broad SMARTS) is 1. The number of methoxy groups -OCH3 is 1. The molecule has 2 aliphatic heterocycles. The van der Waals surface area contributed by atoms with Gasteiger partial charge in [-0.3, -0.25) is 19.1 Å². The molecule has 1 saturated heterocycles. The Labute approximate surface area is 309 Å². The van der Waals surface area contributed by atoms with Crippen molar-refractivity contribution >= 4 is 44.6 Å². The van der Waals surface area contributed by atoms with E-state index >= 15 is 0 Å². The Morgan fingerprint density at radius 2 is 1.91 bits per heavy atom. The Morgan fingerprint density at radius 3 is 2.58 bits per heavy atom. The molecule has 16 heteroatoms. The number of carbonyl (C=O) groups excluding carboxylic acids is 3. The van der Waals surface area contributed by atoms with E-state index in [1.54, 1.807) is 32.0 Å². The summed E-state index contributed by atoms with van der Waals surface area (Å²) in [7, 11) is -2.49. The van der Waals surface area contributed by atoms with E-state index in [0.29, 0.717) is 54.6 Å². The number of allylic oxidation sites excluding steroid dienone is 1. The summed E-state index contributed by atoms with van der Waals surface area (Å²) >= 11 is 0.